The molecule has 176 valence electrons. The molecule has 9 nitrogen and oxygen atoms in total. The van der Waals surface area contributed by atoms with Crippen molar-refractivity contribution in [2.24, 2.45) is 7.05 Å². The fourth-order valence-electron chi connectivity index (χ4n) is 3.67. The molecule has 0 saturated carbocycles. The molecule has 1 aliphatic rings. The number of nitrogens with one attached hydrogen (secondary N) is 1. The molecule has 9 heteroatoms. The third kappa shape index (κ3) is 5.83. The minimum atomic E-state index is -0.558. The van der Waals surface area contributed by atoms with Crippen LogP contribution in [0, 0.1) is 11.8 Å². The van der Waals surface area contributed by atoms with Crippen molar-refractivity contribution in [2.75, 3.05) is 25.5 Å². The molecule has 1 atom stereocenters. The molecule has 2 aromatic rings. The molecule has 1 fully saturated rings. The van der Waals surface area contributed by atoms with Gasteiger partial charge in [0, 0.05) is 31.7 Å². The van der Waals surface area contributed by atoms with Crippen LogP contribution in [0.15, 0.2) is 23.0 Å². The Kier molecular flexibility index (Phi) is 7.26. The summed E-state index contributed by atoms with van der Waals surface area (Å²) in [4.78, 5) is 27.1. The number of methoxy groups -OCH3 is 1. The zero-order valence-electron chi connectivity index (χ0n) is 20.1. The van der Waals surface area contributed by atoms with Gasteiger partial charge in [0.2, 0.25) is 5.82 Å². The summed E-state index contributed by atoms with van der Waals surface area (Å²) < 4.78 is 12.4. The molecule has 1 aliphatic heterocycles. The number of rotatable bonds is 4. The van der Waals surface area contributed by atoms with Crippen LogP contribution >= 0.6 is 0 Å². The molecule has 1 aromatic heterocycles. The summed E-state index contributed by atoms with van der Waals surface area (Å²) in [5, 5.41) is 11.6. The molecule has 3 rings (SSSR count). The van der Waals surface area contributed by atoms with Gasteiger partial charge in [-0.15, -0.1) is 16.1 Å². The van der Waals surface area contributed by atoms with E-state index in [4.69, 9.17) is 9.47 Å². The first-order valence-corrected chi connectivity index (χ1v) is 10.9. The molecule has 1 aromatic carbocycles. The number of anilines is 1. The van der Waals surface area contributed by atoms with Crippen LogP contribution in [-0.2, 0) is 11.8 Å². The number of hydrogen-bond donors (Lipinski definition) is 1. The van der Waals surface area contributed by atoms with E-state index >= 15 is 0 Å². The van der Waals surface area contributed by atoms with E-state index in [0.717, 1.165) is 18.4 Å². The molecule has 0 bridgehead atoms. The largest absolute Gasteiger partial charge is 0.496 e. The van der Waals surface area contributed by atoms with Gasteiger partial charge in [-0.25, -0.2) is 4.79 Å². The Bertz CT molecular complexity index is 1140. The fraction of sp³-hybridized carbons (Fsp3) is 0.500. The number of carbonyl (C=O) groups is 1. The van der Waals surface area contributed by atoms with E-state index in [1.165, 1.54) is 4.57 Å². The van der Waals surface area contributed by atoms with E-state index in [1.807, 2.05) is 32.9 Å². The first kappa shape index (κ1) is 24.1. The van der Waals surface area contributed by atoms with Crippen LogP contribution in [0.4, 0.5) is 10.6 Å². The van der Waals surface area contributed by atoms with E-state index in [0.29, 0.717) is 30.2 Å². The number of ether oxygens (including phenoxy) is 2. The van der Waals surface area contributed by atoms with Crippen LogP contribution in [0.2, 0.25) is 0 Å². The Morgan fingerprint density at radius 1 is 1.27 bits per heavy atom. The highest BCUT2D eigenvalue weighted by molar-refractivity contribution is 5.68. The molecule has 1 N–H and O–H groups in total. The highest BCUT2D eigenvalue weighted by Gasteiger charge is 2.28. The standard InChI is InChI=1S/C24H31N5O4/c1-7-9-16-11-12-18(19(14-16)32-6)21-27-26-20(22(30)28(21)5)25-17-10-8-13-29(15-17)23(31)33-24(2,3)4/h11-12,14,17H,8,10,13,15H2,1-6H3,(H,25,26)/t17-/m1/s1. The summed E-state index contributed by atoms with van der Waals surface area (Å²) >= 11 is 0. The quantitative estimate of drug-likeness (QED) is 0.711. The van der Waals surface area contributed by atoms with Crippen molar-refractivity contribution in [3.63, 3.8) is 0 Å². The lowest BCUT2D eigenvalue weighted by atomic mass is 10.1. The van der Waals surface area contributed by atoms with Crippen LogP contribution in [0.25, 0.3) is 11.4 Å². The van der Waals surface area contributed by atoms with Gasteiger partial charge in [0.1, 0.15) is 11.4 Å². The van der Waals surface area contributed by atoms with Crippen molar-refractivity contribution >= 4 is 11.9 Å². The second-order valence-corrected chi connectivity index (χ2v) is 8.94. The number of likely N-dealkylation sites (tertiary alicyclic amines) is 1. The normalized spacial score (nSPS) is 15.9. The number of carbonyl (C=O) groups excluding carboxylic acids is 1. The monoisotopic (exact) mass is 453 g/mol. The number of benzene rings is 1. The second-order valence-electron chi connectivity index (χ2n) is 8.94. The Balaban J connectivity index is 1.80. The molecule has 1 saturated heterocycles. The minimum Gasteiger partial charge on any atom is -0.496 e. The third-order valence-corrected chi connectivity index (χ3v) is 5.20. The summed E-state index contributed by atoms with van der Waals surface area (Å²) in [7, 11) is 3.20. The highest BCUT2D eigenvalue weighted by Crippen LogP contribution is 2.28. The predicted octanol–water partition coefficient (Wildman–Crippen LogP) is 3.03. The van der Waals surface area contributed by atoms with Crippen LogP contribution in [0.5, 0.6) is 5.75 Å². The summed E-state index contributed by atoms with van der Waals surface area (Å²) in [6.07, 6.45) is 1.25. The summed E-state index contributed by atoms with van der Waals surface area (Å²) in [6, 6.07) is 5.34. The van der Waals surface area contributed by atoms with Gasteiger partial charge in [0.25, 0.3) is 5.56 Å². The molecule has 0 spiro atoms. The maximum Gasteiger partial charge on any atom is 0.410 e. The molecule has 0 unspecified atom stereocenters. The molecule has 0 aliphatic carbocycles. The Morgan fingerprint density at radius 3 is 2.70 bits per heavy atom. The highest BCUT2D eigenvalue weighted by atomic mass is 16.6. The van der Waals surface area contributed by atoms with E-state index in [9.17, 15) is 9.59 Å². The molecule has 1 amide bonds. The average molecular weight is 454 g/mol. The maximum atomic E-state index is 13.0. The van der Waals surface area contributed by atoms with Crippen LogP contribution < -0.4 is 15.6 Å². The van der Waals surface area contributed by atoms with Crippen molar-refractivity contribution < 1.29 is 14.3 Å². The topological polar surface area (TPSA) is 98.6 Å². The Labute approximate surface area is 194 Å². The van der Waals surface area contributed by atoms with Gasteiger partial charge >= 0.3 is 6.09 Å². The number of aromatic nitrogens is 3. The minimum absolute atomic E-state index is 0.124. The van der Waals surface area contributed by atoms with E-state index in [2.05, 4.69) is 27.4 Å². The summed E-state index contributed by atoms with van der Waals surface area (Å²) in [5.74, 6) is 6.92. The first-order chi connectivity index (χ1) is 15.6. The lowest BCUT2D eigenvalue weighted by Gasteiger charge is -2.34. The number of amides is 1. The third-order valence-electron chi connectivity index (χ3n) is 5.20. The van der Waals surface area contributed by atoms with Gasteiger partial charge in [-0.2, -0.15) is 0 Å². The Morgan fingerprint density at radius 2 is 2.03 bits per heavy atom. The first-order valence-electron chi connectivity index (χ1n) is 10.9. The van der Waals surface area contributed by atoms with Gasteiger partial charge in [0.15, 0.2) is 5.82 Å². The second kappa shape index (κ2) is 9.94. The van der Waals surface area contributed by atoms with Gasteiger partial charge in [-0.05, 0) is 58.7 Å². The van der Waals surface area contributed by atoms with Crippen molar-refractivity contribution in [2.45, 2.75) is 52.2 Å². The Hall–Kier alpha value is -3.54. The molecule has 0 radical (unpaired) electrons. The van der Waals surface area contributed by atoms with Crippen LogP contribution in [0.3, 0.4) is 0 Å². The van der Waals surface area contributed by atoms with Crippen molar-refractivity contribution in [1.82, 2.24) is 19.7 Å². The summed E-state index contributed by atoms with van der Waals surface area (Å²) in [5.41, 5.74) is 0.582. The molecular weight excluding hydrogens is 422 g/mol. The van der Waals surface area contributed by atoms with E-state index < -0.39 is 5.60 Å². The van der Waals surface area contributed by atoms with Crippen molar-refractivity contribution in [3.8, 4) is 29.0 Å². The van der Waals surface area contributed by atoms with E-state index in [-0.39, 0.29) is 23.5 Å². The number of piperidine rings is 1. The predicted molar refractivity (Wildman–Crippen MR) is 126 cm³/mol. The van der Waals surface area contributed by atoms with E-state index in [1.54, 1.807) is 32.0 Å². The van der Waals surface area contributed by atoms with Gasteiger partial charge in [-0.3, -0.25) is 9.36 Å². The van der Waals surface area contributed by atoms with Crippen molar-refractivity contribution in [1.29, 1.82) is 0 Å². The van der Waals surface area contributed by atoms with Crippen molar-refractivity contribution in [3.05, 3.63) is 34.1 Å². The zero-order chi connectivity index (χ0) is 24.2. The smallest absolute Gasteiger partial charge is 0.410 e. The maximum absolute atomic E-state index is 13.0. The fourth-order valence-corrected chi connectivity index (χ4v) is 3.67. The molecule has 2 heterocycles. The molecule has 33 heavy (non-hydrogen) atoms. The van der Waals surface area contributed by atoms with Gasteiger partial charge in [0.05, 0.1) is 12.7 Å². The van der Waals surface area contributed by atoms with Gasteiger partial charge in [-0.1, -0.05) is 5.92 Å². The SMILES string of the molecule is CC#Cc1ccc(-c2nnc(N[C@@H]3CCCN(C(=O)OC(C)(C)C)C3)c(=O)n2C)c(OC)c1. The lowest BCUT2D eigenvalue weighted by Crippen LogP contribution is -2.47. The molecular formula is C24H31N5O4. The van der Waals surface area contributed by atoms with Gasteiger partial charge < -0.3 is 19.7 Å². The average Bonchev–Trinajstić information content (AvgIpc) is 2.76. The zero-order valence-corrected chi connectivity index (χ0v) is 20.1. The number of nitrogens with zero attached hydrogens (tertiary/aromatic N) is 4. The van der Waals surface area contributed by atoms with Crippen LogP contribution in [-0.4, -0.2) is 57.6 Å². The lowest BCUT2D eigenvalue weighted by molar-refractivity contribution is 0.0206. The van der Waals surface area contributed by atoms with Crippen LogP contribution in [0.1, 0.15) is 46.1 Å². The summed E-state index contributed by atoms with van der Waals surface area (Å²) in [6.45, 7) is 8.32. The number of hydrogen-bond acceptors (Lipinski definition) is 7.